The minimum atomic E-state index is -0.764. The second-order valence-electron chi connectivity index (χ2n) is 12.4. The van der Waals surface area contributed by atoms with Crippen molar-refractivity contribution in [1.82, 2.24) is 0 Å². The molecule has 3 aromatic rings. The zero-order chi connectivity index (χ0) is 33.1. The molecule has 4 rings (SSSR count). The molecule has 0 bridgehead atoms. The first-order valence-electron chi connectivity index (χ1n) is 17.7. The molecule has 0 aromatic heterocycles. The zero-order valence-corrected chi connectivity index (χ0v) is 28.3. The van der Waals surface area contributed by atoms with Gasteiger partial charge in [0, 0.05) is 0 Å². The summed E-state index contributed by atoms with van der Waals surface area (Å²) in [5, 5.41) is 0. The average molecular weight is 645 g/mol. The van der Waals surface area contributed by atoms with Gasteiger partial charge in [0.25, 0.3) is 0 Å². The molecule has 1 heterocycles. The van der Waals surface area contributed by atoms with Gasteiger partial charge in [0.2, 0.25) is 6.29 Å². The molecule has 0 saturated carbocycles. The third-order valence-electron chi connectivity index (χ3n) is 8.40. The molecule has 1 saturated heterocycles. The van der Waals surface area contributed by atoms with Crippen molar-refractivity contribution in [2.24, 2.45) is 0 Å². The summed E-state index contributed by atoms with van der Waals surface area (Å²) in [6.07, 6.45) is 17.0. The van der Waals surface area contributed by atoms with Gasteiger partial charge < -0.3 is 23.7 Å². The van der Waals surface area contributed by atoms with Gasteiger partial charge in [0.05, 0.1) is 12.2 Å². The average Bonchev–Trinajstić information content (AvgIpc) is 3.83. The third kappa shape index (κ3) is 13.4. The molecule has 1 aliphatic rings. The lowest BCUT2D eigenvalue weighted by molar-refractivity contribution is 0.0561. The summed E-state index contributed by atoms with van der Waals surface area (Å²) in [4.78, 5) is 24.9. The van der Waals surface area contributed by atoms with E-state index in [2.05, 4.69) is 13.8 Å². The molecule has 7 nitrogen and oxygen atoms in total. The molecule has 47 heavy (non-hydrogen) atoms. The second kappa shape index (κ2) is 20.4. The van der Waals surface area contributed by atoms with E-state index in [-0.39, 0.29) is 6.10 Å². The summed E-state index contributed by atoms with van der Waals surface area (Å²) < 4.78 is 27.5. The SMILES string of the molecule is CCCCCCCCCCOc1ccc(C(=O)Oc2ccc(-c3ccc(OC(=O)O[C@H]4O[C@H]4CCCCCCCC)cc3)cc2)cc1. The van der Waals surface area contributed by atoms with Crippen molar-refractivity contribution in [3.63, 3.8) is 0 Å². The number of carbonyl (C=O) groups excluding carboxylic acids is 2. The van der Waals surface area contributed by atoms with Crippen molar-refractivity contribution < 1.29 is 33.3 Å². The van der Waals surface area contributed by atoms with Gasteiger partial charge in [-0.25, -0.2) is 9.59 Å². The molecule has 2 atom stereocenters. The molecule has 1 aliphatic heterocycles. The van der Waals surface area contributed by atoms with E-state index < -0.39 is 18.4 Å². The van der Waals surface area contributed by atoms with Crippen LogP contribution in [0.15, 0.2) is 72.8 Å². The van der Waals surface area contributed by atoms with Crippen LogP contribution in [0.5, 0.6) is 17.2 Å². The molecule has 3 aromatic carbocycles. The Morgan fingerprint density at radius 1 is 0.574 bits per heavy atom. The molecule has 0 unspecified atom stereocenters. The van der Waals surface area contributed by atoms with Crippen LogP contribution in [0, 0.1) is 0 Å². The fourth-order valence-corrected chi connectivity index (χ4v) is 5.49. The number of hydrogen-bond donors (Lipinski definition) is 0. The second-order valence-corrected chi connectivity index (χ2v) is 12.4. The summed E-state index contributed by atoms with van der Waals surface area (Å²) in [5.41, 5.74) is 2.32. The summed E-state index contributed by atoms with van der Waals surface area (Å²) in [7, 11) is 0. The normalized spacial score (nSPS) is 15.2. The quantitative estimate of drug-likeness (QED) is 0.0354. The minimum absolute atomic E-state index is 0.0206. The maximum absolute atomic E-state index is 12.7. The molecule has 7 heteroatoms. The van der Waals surface area contributed by atoms with Crippen molar-refractivity contribution in [2.45, 2.75) is 123 Å². The first kappa shape index (κ1) is 36.0. The van der Waals surface area contributed by atoms with Gasteiger partial charge in [0.15, 0.2) is 0 Å². The van der Waals surface area contributed by atoms with Crippen LogP contribution in [0.4, 0.5) is 4.79 Å². The Morgan fingerprint density at radius 2 is 1.06 bits per heavy atom. The smallest absolute Gasteiger partial charge is 0.494 e. The fraction of sp³-hybridized carbons (Fsp3) is 0.500. The molecule has 0 N–H and O–H groups in total. The number of rotatable bonds is 22. The van der Waals surface area contributed by atoms with Gasteiger partial charge in [-0.2, -0.15) is 0 Å². The van der Waals surface area contributed by atoms with Crippen LogP contribution in [0.25, 0.3) is 11.1 Å². The van der Waals surface area contributed by atoms with Crippen LogP contribution in [-0.2, 0) is 9.47 Å². The van der Waals surface area contributed by atoms with Crippen molar-refractivity contribution >= 4 is 12.1 Å². The zero-order valence-electron chi connectivity index (χ0n) is 28.3. The highest BCUT2D eigenvalue weighted by Crippen LogP contribution is 2.30. The van der Waals surface area contributed by atoms with Gasteiger partial charge in [-0.3, -0.25) is 0 Å². The van der Waals surface area contributed by atoms with Gasteiger partial charge in [0.1, 0.15) is 23.4 Å². The molecule has 0 radical (unpaired) electrons. The van der Waals surface area contributed by atoms with Gasteiger partial charge in [-0.15, -0.1) is 0 Å². The minimum Gasteiger partial charge on any atom is -0.494 e. The van der Waals surface area contributed by atoms with E-state index in [1.54, 1.807) is 36.4 Å². The highest BCUT2D eigenvalue weighted by Gasteiger charge is 2.42. The number of ether oxygens (including phenoxy) is 5. The van der Waals surface area contributed by atoms with E-state index in [4.69, 9.17) is 23.7 Å². The number of hydrogen-bond acceptors (Lipinski definition) is 7. The maximum Gasteiger partial charge on any atom is 0.516 e. The number of epoxide rings is 1. The predicted octanol–water partition coefficient (Wildman–Crippen LogP) is 11.1. The van der Waals surface area contributed by atoms with Crippen molar-refractivity contribution in [3.05, 3.63) is 78.4 Å². The fourth-order valence-electron chi connectivity index (χ4n) is 5.49. The monoisotopic (exact) mass is 644 g/mol. The molecule has 0 aliphatic carbocycles. The Kier molecular flexibility index (Phi) is 15.6. The maximum atomic E-state index is 12.7. The Hall–Kier alpha value is -3.84. The van der Waals surface area contributed by atoms with E-state index in [0.717, 1.165) is 36.1 Å². The molecular weight excluding hydrogens is 592 g/mol. The van der Waals surface area contributed by atoms with Crippen LogP contribution < -0.4 is 14.2 Å². The van der Waals surface area contributed by atoms with Gasteiger partial charge in [-0.05, 0) is 72.5 Å². The Labute approximate surface area is 280 Å². The van der Waals surface area contributed by atoms with Crippen LogP contribution in [0.1, 0.15) is 121 Å². The van der Waals surface area contributed by atoms with Crippen LogP contribution in [0.3, 0.4) is 0 Å². The highest BCUT2D eigenvalue weighted by molar-refractivity contribution is 5.91. The molecule has 0 amide bonds. The van der Waals surface area contributed by atoms with E-state index in [1.807, 2.05) is 36.4 Å². The van der Waals surface area contributed by atoms with Crippen LogP contribution in [0.2, 0.25) is 0 Å². The Bertz CT molecular complexity index is 1320. The topological polar surface area (TPSA) is 83.6 Å². The Balaban J connectivity index is 1.12. The molecular formula is C40H52O7. The first-order chi connectivity index (χ1) is 23.1. The largest absolute Gasteiger partial charge is 0.516 e. The van der Waals surface area contributed by atoms with Crippen molar-refractivity contribution in [3.8, 4) is 28.4 Å². The van der Waals surface area contributed by atoms with Gasteiger partial charge in [-0.1, -0.05) is 122 Å². The van der Waals surface area contributed by atoms with Crippen LogP contribution in [-0.4, -0.2) is 31.1 Å². The number of unbranched alkanes of at least 4 members (excludes halogenated alkanes) is 12. The summed E-state index contributed by atoms with van der Waals surface area (Å²) in [6.45, 7) is 5.14. The van der Waals surface area contributed by atoms with E-state index in [1.165, 1.54) is 77.0 Å². The highest BCUT2D eigenvalue weighted by atomic mass is 16.8. The standard InChI is InChI=1S/C40H52O7/c1-3-5-7-9-11-12-14-16-30-43-34-24-22-33(23-25-34)38(41)44-35-26-18-31(19-27-35)32-20-28-36(29-21-32)45-40(42)47-39-37(46-39)17-15-13-10-8-6-4-2/h18-29,37,39H,3-17,30H2,1-2H3/t37-,39+/m0/s1. The predicted molar refractivity (Wildman–Crippen MR) is 185 cm³/mol. The van der Waals surface area contributed by atoms with Gasteiger partial charge >= 0.3 is 12.1 Å². The lowest BCUT2D eigenvalue weighted by atomic mass is 10.1. The summed E-state index contributed by atoms with van der Waals surface area (Å²) >= 11 is 0. The van der Waals surface area contributed by atoms with E-state index in [9.17, 15) is 9.59 Å². The van der Waals surface area contributed by atoms with Crippen LogP contribution >= 0.6 is 0 Å². The van der Waals surface area contributed by atoms with E-state index >= 15 is 0 Å². The third-order valence-corrected chi connectivity index (χ3v) is 8.40. The summed E-state index contributed by atoms with van der Waals surface area (Å²) in [6, 6.07) is 21.5. The summed E-state index contributed by atoms with van der Waals surface area (Å²) in [5.74, 6) is 1.17. The lowest BCUT2D eigenvalue weighted by Crippen LogP contribution is -2.14. The number of benzene rings is 3. The lowest BCUT2D eigenvalue weighted by Gasteiger charge is -2.09. The molecule has 0 spiro atoms. The first-order valence-corrected chi connectivity index (χ1v) is 17.7. The van der Waals surface area contributed by atoms with E-state index in [0.29, 0.717) is 23.7 Å². The number of esters is 1. The molecule has 1 fully saturated rings. The van der Waals surface area contributed by atoms with Crippen molar-refractivity contribution in [2.75, 3.05) is 6.61 Å². The van der Waals surface area contributed by atoms with Crippen molar-refractivity contribution in [1.29, 1.82) is 0 Å². The molecule has 254 valence electrons. The number of carbonyl (C=O) groups is 2. The Morgan fingerprint density at radius 3 is 1.64 bits per heavy atom.